The van der Waals surface area contributed by atoms with E-state index in [0.717, 1.165) is 12.8 Å². The third kappa shape index (κ3) is 4.43. The molecule has 1 aliphatic carbocycles. The first-order valence-corrected chi connectivity index (χ1v) is 7.70. The van der Waals surface area contributed by atoms with Crippen LogP contribution in [0.4, 0.5) is 0 Å². The van der Waals surface area contributed by atoms with Crippen LogP contribution in [0.3, 0.4) is 0 Å². The van der Waals surface area contributed by atoms with E-state index in [1.54, 1.807) is 0 Å². The smallest absolute Gasteiger partial charge is 0.234 e. The molecule has 1 amide bonds. The number of rotatable bonds is 4. The number of piperazine rings is 1. The molecule has 116 valence electrons. The minimum Gasteiger partial charge on any atom is -0.389 e. The lowest BCUT2D eigenvalue weighted by Gasteiger charge is -2.44. The molecule has 0 aromatic heterocycles. The van der Waals surface area contributed by atoms with Gasteiger partial charge in [-0.1, -0.05) is 12.8 Å². The lowest BCUT2D eigenvalue weighted by molar-refractivity contribution is -0.130. The molecule has 5 heteroatoms. The van der Waals surface area contributed by atoms with Gasteiger partial charge in [0, 0.05) is 18.6 Å². The Bertz CT molecular complexity index is 341. The van der Waals surface area contributed by atoms with E-state index in [9.17, 15) is 9.90 Å². The molecule has 0 radical (unpaired) electrons. The average molecular weight is 284 g/mol. The van der Waals surface area contributed by atoms with Crippen LogP contribution in [-0.4, -0.2) is 59.4 Å². The fourth-order valence-electron chi connectivity index (χ4n) is 3.14. The molecule has 5 nitrogen and oxygen atoms in total. The van der Waals surface area contributed by atoms with E-state index in [4.69, 9.17) is 4.74 Å². The fourth-order valence-corrected chi connectivity index (χ4v) is 3.14. The minimum absolute atomic E-state index is 0.0806. The van der Waals surface area contributed by atoms with Gasteiger partial charge in [-0.25, -0.2) is 0 Å². The van der Waals surface area contributed by atoms with Crippen molar-refractivity contribution in [2.75, 3.05) is 19.7 Å². The fraction of sp³-hybridized carbons (Fsp3) is 0.933. The van der Waals surface area contributed by atoms with Crippen LogP contribution in [0.5, 0.6) is 0 Å². The van der Waals surface area contributed by atoms with Gasteiger partial charge in [-0.15, -0.1) is 0 Å². The Morgan fingerprint density at radius 2 is 2.10 bits per heavy atom. The van der Waals surface area contributed by atoms with Crippen molar-refractivity contribution in [3.8, 4) is 0 Å². The van der Waals surface area contributed by atoms with Crippen LogP contribution in [0, 0.1) is 0 Å². The van der Waals surface area contributed by atoms with Gasteiger partial charge in [-0.3, -0.25) is 9.69 Å². The van der Waals surface area contributed by atoms with Gasteiger partial charge < -0.3 is 15.2 Å². The summed E-state index contributed by atoms with van der Waals surface area (Å²) in [4.78, 5) is 13.9. The normalized spacial score (nSPS) is 29.7. The van der Waals surface area contributed by atoms with Gasteiger partial charge in [-0.05, 0) is 33.6 Å². The van der Waals surface area contributed by atoms with Crippen LogP contribution >= 0.6 is 0 Å². The Hall–Kier alpha value is -0.650. The first-order chi connectivity index (χ1) is 9.35. The number of hydrogen-bond acceptors (Lipinski definition) is 4. The Morgan fingerprint density at radius 1 is 1.40 bits per heavy atom. The molecule has 1 saturated heterocycles. The van der Waals surface area contributed by atoms with Gasteiger partial charge in [0.25, 0.3) is 0 Å². The molecule has 20 heavy (non-hydrogen) atoms. The van der Waals surface area contributed by atoms with Crippen molar-refractivity contribution in [1.29, 1.82) is 0 Å². The zero-order chi connectivity index (χ0) is 14.8. The average Bonchev–Trinajstić information content (AvgIpc) is 2.35. The van der Waals surface area contributed by atoms with Crippen molar-refractivity contribution in [1.82, 2.24) is 10.2 Å². The monoisotopic (exact) mass is 284 g/mol. The summed E-state index contributed by atoms with van der Waals surface area (Å²) in [5.74, 6) is 0.0806. The number of fused-ring (bicyclic) bond motifs is 1. The highest BCUT2D eigenvalue weighted by molar-refractivity contribution is 5.79. The standard InChI is InChI=1S/C15H28N2O3/c1-15(2,3)20-10-11(18)8-17-9-14(19)16-12-6-4-5-7-13(12)17/h11-13,18H,4-10H2,1-3H3,(H,16,19). The molecular weight excluding hydrogens is 256 g/mol. The lowest BCUT2D eigenvalue weighted by atomic mass is 9.87. The number of hydrogen-bond donors (Lipinski definition) is 2. The van der Waals surface area contributed by atoms with Crippen LogP contribution in [-0.2, 0) is 9.53 Å². The summed E-state index contributed by atoms with van der Waals surface area (Å²) in [6.07, 6.45) is 4.02. The minimum atomic E-state index is -0.539. The summed E-state index contributed by atoms with van der Waals surface area (Å²) < 4.78 is 5.62. The van der Waals surface area contributed by atoms with Crippen molar-refractivity contribution in [3.05, 3.63) is 0 Å². The Kier molecular flexibility index (Phi) is 5.04. The van der Waals surface area contributed by atoms with E-state index in [0.29, 0.717) is 25.7 Å². The molecule has 2 N–H and O–H groups in total. The van der Waals surface area contributed by atoms with Gasteiger partial charge >= 0.3 is 0 Å². The van der Waals surface area contributed by atoms with Crippen molar-refractivity contribution in [2.24, 2.45) is 0 Å². The van der Waals surface area contributed by atoms with Crippen LogP contribution in [0.15, 0.2) is 0 Å². The Labute approximate surface area is 121 Å². The quantitative estimate of drug-likeness (QED) is 0.805. The highest BCUT2D eigenvalue weighted by Crippen LogP contribution is 2.25. The van der Waals surface area contributed by atoms with Crippen molar-refractivity contribution in [3.63, 3.8) is 0 Å². The number of carbonyl (C=O) groups excluding carboxylic acids is 1. The third-order valence-corrected chi connectivity index (χ3v) is 4.05. The maximum absolute atomic E-state index is 11.8. The van der Waals surface area contributed by atoms with Gasteiger partial charge in [0.15, 0.2) is 0 Å². The molecule has 3 unspecified atom stereocenters. The van der Waals surface area contributed by atoms with Crippen LogP contribution < -0.4 is 5.32 Å². The number of β-amino-alcohol motifs (C(OH)–C–C–N with tert-alkyl or cyclic N) is 1. The maximum Gasteiger partial charge on any atom is 0.234 e. The second-order valence-electron chi connectivity index (χ2n) is 7.03. The van der Waals surface area contributed by atoms with Crippen LogP contribution in [0.2, 0.25) is 0 Å². The molecular formula is C15H28N2O3. The Morgan fingerprint density at radius 3 is 2.80 bits per heavy atom. The summed E-state index contributed by atoms with van der Waals surface area (Å²) in [7, 11) is 0. The number of ether oxygens (including phenoxy) is 1. The molecule has 0 spiro atoms. The molecule has 1 saturated carbocycles. The predicted molar refractivity (Wildman–Crippen MR) is 77.5 cm³/mol. The zero-order valence-corrected chi connectivity index (χ0v) is 12.9. The molecule has 2 rings (SSSR count). The molecule has 0 aromatic rings. The van der Waals surface area contributed by atoms with E-state index in [2.05, 4.69) is 10.2 Å². The zero-order valence-electron chi connectivity index (χ0n) is 12.9. The summed E-state index contributed by atoms with van der Waals surface area (Å²) in [6.45, 7) is 7.17. The second-order valence-corrected chi connectivity index (χ2v) is 7.03. The van der Waals surface area contributed by atoms with E-state index in [-0.39, 0.29) is 17.6 Å². The maximum atomic E-state index is 11.8. The molecule has 0 bridgehead atoms. The SMILES string of the molecule is CC(C)(C)OCC(O)CN1CC(=O)NC2CCCCC21. The number of nitrogens with zero attached hydrogens (tertiary/aromatic N) is 1. The lowest BCUT2D eigenvalue weighted by Crippen LogP contribution is -2.62. The molecule has 1 heterocycles. The van der Waals surface area contributed by atoms with Gasteiger partial charge in [0.2, 0.25) is 5.91 Å². The van der Waals surface area contributed by atoms with E-state index < -0.39 is 6.10 Å². The number of nitrogens with one attached hydrogen (secondary N) is 1. The molecule has 3 atom stereocenters. The molecule has 0 aromatic carbocycles. The van der Waals surface area contributed by atoms with Crippen LogP contribution in [0.1, 0.15) is 46.5 Å². The van der Waals surface area contributed by atoms with E-state index in [1.807, 2.05) is 20.8 Å². The summed E-state index contributed by atoms with van der Waals surface area (Å²) in [6, 6.07) is 0.645. The highest BCUT2D eigenvalue weighted by atomic mass is 16.5. The van der Waals surface area contributed by atoms with Gasteiger partial charge in [-0.2, -0.15) is 0 Å². The number of aliphatic hydroxyl groups is 1. The predicted octanol–water partition coefficient (Wildman–Crippen LogP) is 0.905. The topological polar surface area (TPSA) is 61.8 Å². The summed E-state index contributed by atoms with van der Waals surface area (Å²) in [5, 5.41) is 13.2. The molecule has 2 aliphatic rings. The first-order valence-electron chi connectivity index (χ1n) is 7.70. The Balaban J connectivity index is 1.87. The third-order valence-electron chi connectivity index (χ3n) is 4.05. The van der Waals surface area contributed by atoms with Crippen molar-refractivity contribution >= 4 is 5.91 Å². The summed E-state index contributed by atoms with van der Waals surface area (Å²) >= 11 is 0. The summed E-state index contributed by atoms with van der Waals surface area (Å²) in [5.41, 5.74) is -0.242. The largest absolute Gasteiger partial charge is 0.389 e. The molecule has 2 fully saturated rings. The van der Waals surface area contributed by atoms with Gasteiger partial charge in [0.05, 0.1) is 24.9 Å². The van der Waals surface area contributed by atoms with Crippen LogP contribution in [0.25, 0.3) is 0 Å². The number of amides is 1. The van der Waals surface area contributed by atoms with Gasteiger partial charge in [0.1, 0.15) is 0 Å². The number of carbonyl (C=O) groups is 1. The second kappa shape index (κ2) is 6.41. The van der Waals surface area contributed by atoms with Crippen molar-refractivity contribution < 1.29 is 14.6 Å². The number of aliphatic hydroxyl groups excluding tert-OH is 1. The molecule has 1 aliphatic heterocycles. The van der Waals surface area contributed by atoms with Crippen molar-refractivity contribution in [2.45, 2.75) is 70.2 Å². The van der Waals surface area contributed by atoms with E-state index in [1.165, 1.54) is 12.8 Å². The first kappa shape index (κ1) is 15.7. The van der Waals surface area contributed by atoms with E-state index >= 15 is 0 Å². The highest BCUT2D eigenvalue weighted by Gasteiger charge is 2.36.